The molecule has 1 heterocycles. The molecule has 13 heteroatoms. The van der Waals surface area contributed by atoms with Gasteiger partial charge in [0.15, 0.2) is 23.3 Å². The Morgan fingerprint density at radius 2 is 1.60 bits per heavy atom. The quantitative estimate of drug-likeness (QED) is 0.157. The number of benzene rings is 2. The van der Waals surface area contributed by atoms with Crippen molar-refractivity contribution < 1.29 is 57.8 Å². The molecule has 0 aromatic heterocycles. The maximum atomic E-state index is 15.0. The zero-order valence-electron chi connectivity index (χ0n) is 34.5. The molecule has 1 saturated heterocycles. The van der Waals surface area contributed by atoms with Crippen molar-refractivity contribution in [1.29, 1.82) is 0 Å². The van der Waals surface area contributed by atoms with Crippen LogP contribution in [0.3, 0.4) is 0 Å². The summed E-state index contributed by atoms with van der Waals surface area (Å²) >= 11 is 0. The van der Waals surface area contributed by atoms with Crippen molar-refractivity contribution in [2.24, 2.45) is 28.6 Å². The SMILES string of the molecule is COC(=O)OC12COC1CC(C)C1(C)C(=O)C(O)C3=C(C)C(OC(=O)C(OC(C)(C)OC)C(NC(=O)c4ccccc4)c4ccccc4)CC(O)(C(C)C21)C3(C)C. The Hall–Kier alpha value is -4.14. The van der Waals surface area contributed by atoms with E-state index >= 15 is 0 Å². The molecule has 1 amide bonds. The van der Waals surface area contributed by atoms with Gasteiger partial charge in [0, 0.05) is 35.8 Å². The number of carbonyl (C=O) groups excluding carboxylic acids is 4. The van der Waals surface area contributed by atoms with Gasteiger partial charge in [-0.1, -0.05) is 83.1 Å². The van der Waals surface area contributed by atoms with Gasteiger partial charge < -0.3 is 44.0 Å². The van der Waals surface area contributed by atoms with Crippen LogP contribution in [0.5, 0.6) is 0 Å². The Balaban J connectivity index is 1.45. The fourth-order valence-electron chi connectivity index (χ4n) is 10.4. The summed E-state index contributed by atoms with van der Waals surface area (Å²) in [5.41, 5.74) is -4.06. The van der Waals surface area contributed by atoms with E-state index < -0.39 is 93.9 Å². The van der Waals surface area contributed by atoms with Gasteiger partial charge in [-0.05, 0) is 67.9 Å². The van der Waals surface area contributed by atoms with Gasteiger partial charge >= 0.3 is 12.1 Å². The van der Waals surface area contributed by atoms with E-state index in [1.807, 2.05) is 13.8 Å². The van der Waals surface area contributed by atoms with Crippen molar-refractivity contribution in [3.05, 3.63) is 82.9 Å². The Bertz CT molecular complexity index is 1900. The summed E-state index contributed by atoms with van der Waals surface area (Å²) in [6, 6.07) is 16.3. The van der Waals surface area contributed by atoms with Crippen LogP contribution in [0.4, 0.5) is 4.79 Å². The number of nitrogens with one attached hydrogen (secondary N) is 1. The number of esters is 1. The lowest BCUT2D eigenvalue weighted by Gasteiger charge is -2.68. The molecule has 2 bridgehead atoms. The third-order valence-corrected chi connectivity index (χ3v) is 13.9. The number of methoxy groups -OCH3 is 2. The van der Waals surface area contributed by atoms with Crippen LogP contribution in [0.2, 0.25) is 0 Å². The minimum absolute atomic E-state index is 0.0337. The van der Waals surface area contributed by atoms with Gasteiger partial charge in [0.25, 0.3) is 5.91 Å². The van der Waals surface area contributed by atoms with Gasteiger partial charge in [-0.3, -0.25) is 9.59 Å². The monoisotopic (exact) mass is 791 g/mol. The molecule has 57 heavy (non-hydrogen) atoms. The first-order valence-electron chi connectivity index (χ1n) is 19.6. The maximum absolute atomic E-state index is 15.0. The molecule has 11 unspecified atom stereocenters. The summed E-state index contributed by atoms with van der Waals surface area (Å²) in [6.45, 7) is 14.0. The maximum Gasteiger partial charge on any atom is 0.508 e. The Labute approximate surface area is 334 Å². The molecule has 0 spiro atoms. The number of rotatable bonds is 10. The van der Waals surface area contributed by atoms with Crippen molar-refractivity contribution >= 4 is 23.8 Å². The highest BCUT2D eigenvalue weighted by atomic mass is 16.8. The van der Waals surface area contributed by atoms with Crippen molar-refractivity contribution in [3.63, 3.8) is 0 Å². The minimum atomic E-state index is -1.76. The van der Waals surface area contributed by atoms with Gasteiger partial charge in [-0.2, -0.15) is 0 Å². The van der Waals surface area contributed by atoms with E-state index in [-0.39, 0.29) is 24.5 Å². The van der Waals surface area contributed by atoms with Gasteiger partial charge in [-0.25, -0.2) is 9.59 Å². The van der Waals surface area contributed by atoms with Crippen LogP contribution in [-0.4, -0.2) is 96.3 Å². The summed E-state index contributed by atoms with van der Waals surface area (Å²) in [5, 5.41) is 28.6. The lowest BCUT2D eigenvalue weighted by Crippen LogP contribution is -2.78. The highest BCUT2D eigenvalue weighted by Gasteiger charge is 2.75. The summed E-state index contributed by atoms with van der Waals surface area (Å²) in [6.07, 6.45) is -5.65. The van der Waals surface area contributed by atoms with E-state index in [1.54, 1.807) is 102 Å². The molecule has 13 nitrogen and oxygen atoms in total. The number of Topliss-reactive ketones (excluding diaryl/α,β-unsaturated/α-hetero) is 1. The minimum Gasteiger partial charge on any atom is -0.456 e. The van der Waals surface area contributed by atoms with Crippen LogP contribution < -0.4 is 5.32 Å². The third kappa shape index (κ3) is 6.88. The normalized spacial score (nSPS) is 34.2. The fraction of sp³-hybridized carbons (Fsp3) is 0.591. The number of ether oxygens (including phenoxy) is 6. The molecular formula is C44H57NO12. The molecule has 2 aromatic rings. The molecule has 3 aliphatic carbocycles. The van der Waals surface area contributed by atoms with Gasteiger partial charge in [0.2, 0.25) is 0 Å². The first kappa shape index (κ1) is 42.5. The summed E-state index contributed by atoms with van der Waals surface area (Å²) in [4.78, 5) is 56.3. The molecular weight excluding hydrogens is 734 g/mol. The van der Waals surface area contributed by atoms with E-state index in [2.05, 4.69) is 5.32 Å². The second-order valence-corrected chi connectivity index (χ2v) is 17.4. The number of aliphatic hydroxyl groups is 2. The van der Waals surface area contributed by atoms with Gasteiger partial charge in [0.1, 0.15) is 18.3 Å². The molecule has 4 aliphatic rings. The first-order valence-corrected chi connectivity index (χ1v) is 19.6. The zero-order chi connectivity index (χ0) is 41.9. The van der Waals surface area contributed by atoms with Crippen LogP contribution in [0, 0.1) is 28.6 Å². The average Bonchev–Trinajstić information content (AvgIpc) is 3.18. The summed E-state index contributed by atoms with van der Waals surface area (Å²) in [5.74, 6) is -5.14. The number of aliphatic hydroxyl groups excluding tert-OH is 1. The second-order valence-electron chi connectivity index (χ2n) is 17.4. The van der Waals surface area contributed by atoms with Crippen molar-refractivity contribution in [2.75, 3.05) is 20.8 Å². The fourth-order valence-corrected chi connectivity index (χ4v) is 10.4. The van der Waals surface area contributed by atoms with Crippen LogP contribution in [0.15, 0.2) is 71.8 Å². The highest BCUT2D eigenvalue weighted by molar-refractivity contribution is 5.95. The smallest absolute Gasteiger partial charge is 0.456 e. The van der Waals surface area contributed by atoms with Crippen LogP contribution in [-0.2, 0) is 38.0 Å². The Morgan fingerprint density at radius 3 is 2.16 bits per heavy atom. The number of hydrogen-bond acceptors (Lipinski definition) is 12. The molecule has 6 rings (SSSR count). The predicted molar refractivity (Wildman–Crippen MR) is 206 cm³/mol. The van der Waals surface area contributed by atoms with E-state index in [1.165, 1.54) is 14.2 Å². The lowest BCUT2D eigenvalue weighted by molar-refractivity contribution is -0.330. The van der Waals surface area contributed by atoms with Gasteiger partial charge in [-0.15, -0.1) is 0 Å². The number of ketones is 1. The number of carbonyl (C=O) groups is 4. The lowest BCUT2D eigenvalue weighted by atomic mass is 9.41. The third-order valence-electron chi connectivity index (χ3n) is 13.9. The van der Waals surface area contributed by atoms with Crippen molar-refractivity contribution in [3.8, 4) is 0 Å². The summed E-state index contributed by atoms with van der Waals surface area (Å²) in [7, 11) is 2.63. The van der Waals surface area contributed by atoms with E-state index in [4.69, 9.17) is 28.4 Å². The Morgan fingerprint density at radius 1 is 0.982 bits per heavy atom. The number of amides is 1. The molecule has 3 fully saturated rings. The second kappa shape index (κ2) is 15.2. The van der Waals surface area contributed by atoms with Gasteiger partial charge in [0.05, 0.1) is 25.4 Å². The van der Waals surface area contributed by atoms with Crippen LogP contribution in [0.25, 0.3) is 0 Å². The molecule has 0 radical (unpaired) electrons. The number of hydrogen-bond donors (Lipinski definition) is 3. The molecule has 3 N–H and O–H groups in total. The van der Waals surface area contributed by atoms with Crippen molar-refractivity contribution in [1.82, 2.24) is 5.32 Å². The molecule has 2 aromatic carbocycles. The topological polar surface area (TPSA) is 176 Å². The van der Waals surface area contributed by atoms with E-state index in [0.717, 1.165) is 0 Å². The first-order chi connectivity index (χ1) is 26.7. The standard InChI is InChI=1S/C44H57NO12/c1-24-21-30-43(23-54-30,57-39(50)52-9)35-26(3)44(51)22-29(25(2)31(40(44,4)5)33(46)36(47)42(24,35)8)55-38(49)34(56-41(6,7)53-10)32(27-17-13-11-14-18-27)45-37(48)28-19-15-12-16-20-28/h11-20,24,26,29-30,32-35,46,51H,21-23H2,1-10H3,(H,45,48). The number of fused-ring (bicyclic) bond motifs is 5. The average molecular weight is 792 g/mol. The van der Waals surface area contributed by atoms with Crippen LogP contribution >= 0.6 is 0 Å². The highest BCUT2D eigenvalue weighted by Crippen LogP contribution is 2.66. The largest absolute Gasteiger partial charge is 0.508 e. The molecule has 11 atom stereocenters. The van der Waals surface area contributed by atoms with Crippen molar-refractivity contribution in [2.45, 2.75) is 116 Å². The molecule has 1 aliphatic heterocycles. The predicted octanol–water partition coefficient (Wildman–Crippen LogP) is 5.48. The zero-order valence-corrected chi connectivity index (χ0v) is 34.5. The molecule has 2 saturated carbocycles. The van der Waals surface area contributed by atoms with E-state index in [0.29, 0.717) is 23.1 Å². The summed E-state index contributed by atoms with van der Waals surface area (Å²) < 4.78 is 35.3. The van der Waals surface area contributed by atoms with Crippen LogP contribution in [0.1, 0.15) is 90.2 Å². The molecule has 310 valence electrons. The Kier molecular flexibility index (Phi) is 11.3. The van der Waals surface area contributed by atoms with E-state index in [9.17, 15) is 29.4 Å².